The molecule has 0 bridgehead atoms. The Morgan fingerprint density at radius 3 is 2.68 bits per heavy atom. The monoisotopic (exact) mass is 267 g/mol. The molecule has 1 unspecified atom stereocenters. The van der Waals surface area contributed by atoms with Crippen LogP contribution in [0.3, 0.4) is 0 Å². The van der Waals surface area contributed by atoms with Gasteiger partial charge in [0.2, 0.25) is 0 Å². The van der Waals surface area contributed by atoms with E-state index in [2.05, 4.69) is 5.32 Å². The Labute approximate surface area is 113 Å². The third kappa shape index (κ3) is 3.00. The molecule has 1 atom stereocenters. The minimum Gasteiger partial charge on any atom is -0.496 e. The average Bonchev–Trinajstić information content (AvgIpc) is 2.48. The first-order valence-electron chi connectivity index (χ1n) is 6.36. The van der Waals surface area contributed by atoms with Crippen LogP contribution in [0, 0.1) is 0 Å². The highest BCUT2D eigenvalue weighted by Crippen LogP contribution is 2.37. The first kappa shape index (κ1) is 14.1. The lowest BCUT2D eigenvalue weighted by molar-refractivity contribution is 0.0260. The van der Waals surface area contributed by atoms with Gasteiger partial charge in [0.15, 0.2) is 0 Å². The van der Waals surface area contributed by atoms with E-state index in [1.807, 2.05) is 12.1 Å². The fraction of sp³-hybridized carbons (Fsp3) is 0.571. The fourth-order valence-electron chi connectivity index (χ4n) is 2.36. The molecule has 1 aliphatic heterocycles. The molecular weight excluding hydrogens is 246 g/mol. The highest BCUT2D eigenvalue weighted by atomic mass is 16.5. The first-order valence-corrected chi connectivity index (χ1v) is 6.36. The van der Waals surface area contributed by atoms with Gasteiger partial charge in [0.1, 0.15) is 11.5 Å². The predicted octanol–water partition coefficient (Wildman–Crippen LogP) is 1.51. The van der Waals surface area contributed by atoms with Gasteiger partial charge in [-0.15, -0.1) is 0 Å². The average molecular weight is 267 g/mol. The molecule has 1 heterocycles. The van der Waals surface area contributed by atoms with Crippen LogP contribution in [0.25, 0.3) is 0 Å². The van der Waals surface area contributed by atoms with Crippen molar-refractivity contribution in [1.82, 2.24) is 5.32 Å². The van der Waals surface area contributed by atoms with Crippen LogP contribution in [0.2, 0.25) is 0 Å². The molecule has 0 aromatic heterocycles. The van der Waals surface area contributed by atoms with E-state index >= 15 is 0 Å². The van der Waals surface area contributed by atoms with E-state index < -0.39 is 0 Å². The second-order valence-electron chi connectivity index (χ2n) is 4.37. The number of benzene rings is 1. The van der Waals surface area contributed by atoms with Crippen molar-refractivity contribution in [1.29, 1.82) is 0 Å². The van der Waals surface area contributed by atoms with E-state index in [1.54, 1.807) is 21.3 Å². The number of nitrogens with one attached hydrogen (secondary N) is 1. The van der Waals surface area contributed by atoms with Crippen molar-refractivity contribution in [3.8, 4) is 11.5 Å². The van der Waals surface area contributed by atoms with E-state index in [1.165, 1.54) is 0 Å². The molecule has 0 radical (unpaired) electrons. The van der Waals surface area contributed by atoms with Gasteiger partial charge < -0.3 is 24.3 Å². The lowest BCUT2D eigenvalue weighted by Gasteiger charge is -2.26. The van der Waals surface area contributed by atoms with Crippen molar-refractivity contribution in [2.45, 2.75) is 12.7 Å². The molecule has 0 spiro atoms. The molecule has 1 saturated heterocycles. The van der Waals surface area contributed by atoms with Crippen molar-refractivity contribution in [3.05, 3.63) is 23.3 Å². The Hall–Kier alpha value is -1.30. The van der Waals surface area contributed by atoms with E-state index in [0.717, 1.165) is 35.7 Å². The van der Waals surface area contributed by atoms with Gasteiger partial charge in [-0.25, -0.2) is 0 Å². The van der Waals surface area contributed by atoms with Crippen LogP contribution in [0.4, 0.5) is 0 Å². The van der Waals surface area contributed by atoms with Crippen LogP contribution in [0.5, 0.6) is 11.5 Å². The molecule has 1 aromatic rings. The summed E-state index contributed by atoms with van der Waals surface area (Å²) in [6, 6.07) is 3.93. The molecule has 5 nitrogen and oxygen atoms in total. The second-order valence-corrected chi connectivity index (χ2v) is 4.37. The number of rotatable bonds is 5. The molecule has 1 N–H and O–H groups in total. The van der Waals surface area contributed by atoms with Crippen LogP contribution >= 0.6 is 0 Å². The van der Waals surface area contributed by atoms with E-state index in [-0.39, 0.29) is 6.10 Å². The predicted molar refractivity (Wildman–Crippen MR) is 71.8 cm³/mol. The van der Waals surface area contributed by atoms with Crippen LogP contribution in [0.1, 0.15) is 17.2 Å². The van der Waals surface area contributed by atoms with Crippen LogP contribution in [-0.2, 0) is 16.1 Å². The maximum atomic E-state index is 5.79. The molecule has 0 amide bonds. The molecule has 5 heteroatoms. The van der Waals surface area contributed by atoms with E-state index in [0.29, 0.717) is 13.2 Å². The van der Waals surface area contributed by atoms with Gasteiger partial charge in [-0.05, 0) is 12.1 Å². The summed E-state index contributed by atoms with van der Waals surface area (Å²) in [4.78, 5) is 0. The normalized spacial score (nSPS) is 19.2. The number of morpholine rings is 1. The number of hydrogen-bond donors (Lipinski definition) is 1. The smallest absolute Gasteiger partial charge is 0.133 e. The quantitative estimate of drug-likeness (QED) is 0.876. The standard InChI is InChI=1S/C14H21NO4/c1-16-9-11-12(17-2)5-4-10(14(11)18-3)13-8-15-6-7-19-13/h4-5,13,15H,6-9H2,1-3H3. The lowest BCUT2D eigenvalue weighted by Crippen LogP contribution is -2.33. The van der Waals surface area contributed by atoms with Gasteiger partial charge in [0.25, 0.3) is 0 Å². The van der Waals surface area contributed by atoms with Crippen LogP contribution in [0.15, 0.2) is 12.1 Å². The Kier molecular flexibility index (Phi) is 5.01. The van der Waals surface area contributed by atoms with Crippen molar-refractivity contribution in [3.63, 3.8) is 0 Å². The Morgan fingerprint density at radius 1 is 1.26 bits per heavy atom. The molecule has 1 aliphatic rings. The molecule has 1 aromatic carbocycles. The zero-order valence-electron chi connectivity index (χ0n) is 11.7. The summed E-state index contributed by atoms with van der Waals surface area (Å²) in [5.41, 5.74) is 1.95. The third-order valence-corrected chi connectivity index (χ3v) is 3.24. The minimum atomic E-state index is 0.00483. The van der Waals surface area contributed by atoms with Crippen molar-refractivity contribution in [2.75, 3.05) is 41.0 Å². The highest BCUT2D eigenvalue weighted by molar-refractivity contribution is 5.51. The van der Waals surface area contributed by atoms with Gasteiger partial charge in [0.05, 0.1) is 39.1 Å². The van der Waals surface area contributed by atoms with Gasteiger partial charge in [0, 0.05) is 25.8 Å². The van der Waals surface area contributed by atoms with Gasteiger partial charge >= 0.3 is 0 Å². The Bertz CT molecular complexity index is 416. The maximum Gasteiger partial charge on any atom is 0.133 e. The zero-order valence-corrected chi connectivity index (χ0v) is 11.7. The summed E-state index contributed by atoms with van der Waals surface area (Å²) in [5.74, 6) is 1.56. The molecule has 0 aliphatic carbocycles. The van der Waals surface area contributed by atoms with E-state index in [4.69, 9.17) is 18.9 Å². The second kappa shape index (κ2) is 6.75. The largest absolute Gasteiger partial charge is 0.496 e. The SMILES string of the molecule is COCc1c(OC)ccc(C2CNCCO2)c1OC. The van der Waals surface area contributed by atoms with E-state index in [9.17, 15) is 0 Å². The molecule has 2 rings (SSSR count). The summed E-state index contributed by atoms with van der Waals surface area (Å²) in [5, 5.41) is 3.32. The first-order chi connectivity index (χ1) is 9.31. The zero-order chi connectivity index (χ0) is 13.7. The molecule has 19 heavy (non-hydrogen) atoms. The van der Waals surface area contributed by atoms with Crippen LogP contribution in [-0.4, -0.2) is 41.0 Å². The summed E-state index contributed by atoms with van der Waals surface area (Å²) < 4.78 is 22.0. The molecule has 1 fully saturated rings. The summed E-state index contributed by atoms with van der Waals surface area (Å²) in [6.45, 7) is 2.83. The third-order valence-electron chi connectivity index (χ3n) is 3.24. The van der Waals surface area contributed by atoms with Crippen molar-refractivity contribution < 1.29 is 18.9 Å². The molecule has 0 saturated carbocycles. The Balaban J connectivity index is 2.39. The van der Waals surface area contributed by atoms with Gasteiger partial charge in [-0.2, -0.15) is 0 Å². The summed E-state index contributed by atoms with van der Waals surface area (Å²) >= 11 is 0. The van der Waals surface area contributed by atoms with Gasteiger partial charge in [-0.3, -0.25) is 0 Å². The number of ether oxygens (including phenoxy) is 4. The lowest BCUT2D eigenvalue weighted by atomic mass is 10.0. The molecular formula is C14H21NO4. The number of hydrogen-bond acceptors (Lipinski definition) is 5. The summed E-state index contributed by atoms with van der Waals surface area (Å²) in [7, 11) is 4.96. The van der Waals surface area contributed by atoms with Crippen molar-refractivity contribution >= 4 is 0 Å². The highest BCUT2D eigenvalue weighted by Gasteiger charge is 2.23. The number of methoxy groups -OCH3 is 3. The maximum absolute atomic E-state index is 5.79. The topological polar surface area (TPSA) is 49.0 Å². The molecule has 106 valence electrons. The Morgan fingerprint density at radius 2 is 2.11 bits per heavy atom. The van der Waals surface area contributed by atoms with Crippen molar-refractivity contribution in [2.24, 2.45) is 0 Å². The van der Waals surface area contributed by atoms with Crippen LogP contribution < -0.4 is 14.8 Å². The summed E-state index contributed by atoms with van der Waals surface area (Å²) in [6.07, 6.45) is 0.00483. The van der Waals surface area contributed by atoms with Gasteiger partial charge in [-0.1, -0.05) is 0 Å². The fourth-order valence-corrected chi connectivity index (χ4v) is 2.36. The minimum absolute atomic E-state index is 0.00483.